The molecule has 1 amide bonds. The van der Waals surface area contributed by atoms with Crippen LogP contribution in [0, 0.1) is 5.41 Å². The minimum Gasteiger partial charge on any atom is -0.449 e. The van der Waals surface area contributed by atoms with Gasteiger partial charge in [-0.05, 0) is 59.2 Å². The third kappa shape index (κ3) is 5.26. The third-order valence-electron chi connectivity index (χ3n) is 4.30. The fourth-order valence-corrected chi connectivity index (χ4v) is 2.86. The summed E-state index contributed by atoms with van der Waals surface area (Å²) in [5.41, 5.74) is 15.0. The van der Waals surface area contributed by atoms with Gasteiger partial charge in [0.2, 0.25) is 5.76 Å². The van der Waals surface area contributed by atoms with Crippen LogP contribution in [-0.2, 0) is 11.3 Å². The fraction of sp³-hybridized carbons (Fsp3) is 0.0435. The van der Waals surface area contributed by atoms with Crippen molar-refractivity contribution in [2.24, 2.45) is 11.5 Å². The number of hydrogen-bond donors (Lipinski definition) is 4. The largest absolute Gasteiger partial charge is 0.449 e. The highest BCUT2D eigenvalue weighted by atomic mass is 35.5. The normalized spacial score (nSPS) is 11.4. The molecule has 3 rings (SSSR count). The summed E-state index contributed by atoms with van der Waals surface area (Å²) in [6.07, 6.45) is 0.865. The Morgan fingerprint density at radius 1 is 1.03 bits per heavy atom. The lowest BCUT2D eigenvalue weighted by molar-refractivity contribution is -0.114. The SMILES string of the molecule is N=C/C(N)=C(/Oc1ccc(-c2cccc(CN)c2)cc1)C(=O)Nc1ccc(Cl)cc1. The Morgan fingerprint density at radius 2 is 1.73 bits per heavy atom. The van der Waals surface area contributed by atoms with Crippen molar-refractivity contribution in [2.75, 3.05) is 5.32 Å². The van der Waals surface area contributed by atoms with E-state index >= 15 is 0 Å². The average molecular weight is 421 g/mol. The van der Waals surface area contributed by atoms with Crippen molar-refractivity contribution < 1.29 is 9.53 Å². The van der Waals surface area contributed by atoms with Crippen LogP contribution < -0.4 is 21.5 Å². The van der Waals surface area contributed by atoms with Gasteiger partial charge >= 0.3 is 0 Å². The third-order valence-corrected chi connectivity index (χ3v) is 4.55. The molecule has 3 aromatic rings. The Balaban J connectivity index is 1.79. The van der Waals surface area contributed by atoms with Crippen LogP contribution in [0.5, 0.6) is 5.75 Å². The molecule has 0 radical (unpaired) electrons. The minimum atomic E-state index is -0.571. The molecule has 0 aliphatic rings. The zero-order valence-electron chi connectivity index (χ0n) is 16.1. The summed E-state index contributed by atoms with van der Waals surface area (Å²) >= 11 is 5.86. The molecule has 0 heterocycles. The van der Waals surface area contributed by atoms with Crippen molar-refractivity contribution in [3.63, 3.8) is 0 Å². The van der Waals surface area contributed by atoms with Crippen LogP contribution in [0.25, 0.3) is 11.1 Å². The Kier molecular flexibility index (Phi) is 6.85. The predicted octanol–water partition coefficient (Wildman–Crippen LogP) is 4.30. The molecule has 6 N–H and O–H groups in total. The number of halogens is 1. The summed E-state index contributed by atoms with van der Waals surface area (Å²) in [5, 5.41) is 10.6. The first-order valence-corrected chi connectivity index (χ1v) is 9.52. The van der Waals surface area contributed by atoms with E-state index in [1.807, 2.05) is 36.4 Å². The summed E-state index contributed by atoms with van der Waals surface area (Å²) in [6, 6.07) is 21.8. The van der Waals surface area contributed by atoms with Crippen molar-refractivity contribution in [1.82, 2.24) is 0 Å². The molecule has 6 nitrogen and oxygen atoms in total. The molecule has 30 heavy (non-hydrogen) atoms. The van der Waals surface area contributed by atoms with Crippen molar-refractivity contribution >= 4 is 29.4 Å². The molecular weight excluding hydrogens is 400 g/mol. The number of benzene rings is 3. The monoisotopic (exact) mass is 420 g/mol. The number of ether oxygens (including phenoxy) is 1. The Labute approximate surface area is 179 Å². The molecule has 0 unspecified atom stereocenters. The van der Waals surface area contributed by atoms with E-state index < -0.39 is 5.91 Å². The molecule has 0 aromatic heterocycles. The number of rotatable bonds is 7. The lowest BCUT2D eigenvalue weighted by atomic mass is 10.0. The van der Waals surface area contributed by atoms with Gasteiger partial charge in [0, 0.05) is 23.5 Å². The summed E-state index contributed by atoms with van der Waals surface area (Å²) in [7, 11) is 0. The highest BCUT2D eigenvalue weighted by Gasteiger charge is 2.16. The van der Waals surface area contributed by atoms with Gasteiger partial charge in [0.25, 0.3) is 5.91 Å². The highest BCUT2D eigenvalue weighted by Crippen LogP contribution is 2.25. The van der Waals surface area contributed by atoms with E-state index in [9.17, 15) is 4.79 Å². The van der Waals surface area contributed by atoms with Crippen molar-refractivity contribution in [1.29, 1.82) is 5.41 Å². The van der Waals surface area contributed by atoms with Crippen LogP contribution >= 0.6 is 11.6 Å². The van der Waals surface area contributed by atoms with Crippen LogP contribution in [0.15, 0.2) is 84.3 Å². The van der Waals surface area contributed by atoms with E-state index in [0.717, 1.165) is 22.9 Å². The van der Waals surface area contributed by atoms with Crippen LogP contribution in [-0.4, -0.2) is 12.1 Å². The Hall–Kier alpha value is -3.61. The van der Waals surface area contributed by atoms with E-state index in [0.29, 0.717) is 23.0 Å². The number of carbonyl (C=O) groups excluding carboxylic acids is 1. The summed E-state index contributed by atoms with van der Waals surface area (Å²) in [5.74, 6) is -0.323. The topological polar surface area (TPSA) is 114 Å². The quantitative estimate of drug-likeness (QED) is 0.259. The van der Waals surface area contributed by atoms with Crippen molar-refractivity contribution in [3.8, 4) is 16.9 Å². The number of nitrogens with one attached hydrogen (secondary N) is 2. The molecule has 7 heteroatoms. The van der Waals surface area contributed by atoms with E-state index in [1.165, 1.54) is 0 Å². The van der Waals surface area contributed by atoms with E-state index in [1.54, 1.807) is 36.4 Å². The van der Waals surface area contributed by atoms with Gasteiger partial charge in [0.1, 0.15) is 5.75 Å². The average Bonchev–Trinajstić information content (AvgIpc) is 2.78. The van der Waals surface area contributed by atoms with E-state index in [4.69, 9.17) is 33.2 Å². The van der Waals surface area contributed by atoms with E-state index in [2.05, 4.69) is 5.32 Å². The fourth-order valence-electron chi connectivity index (χ4n) is 2.73. The molecule has 0 atom stereocenters. The van der Waals surface area contributed by atoms with Gasteiger partial charge in [-0.3, -0.25) is 4.79 Å². The maximum absolute atomic E-state index is 12.6. The summed E-state index contributed by atoms with van der Waals surface area (Å²) in [4.78, 5) is 12.6. The van der Waals surface area contributed by atoms with Crippen molar-refractivity contribution in [2.45, 2.75) is 6.54 Å². The number of hydrogen-bond acceptors (Lipinski definition) is 5. The first-order valence-electron chi connectivity index (χ1n) is 9.14. The summed E-state index contributed by atoms with van der Waals surface area (Å²) in [6.45, 7) is 0.467. The molecule has 0 saturated carbocycles. The van der Waals surface area contributed by atoms with Gasteiger partial charge in [-0.25, -0.2) is 0 Å². The minimum absolute atomic E-state index is 0.0961. The molecule has 0 fully saturated rings. The number of anilines is 1. The lowest BCUT2D eigenvalue weighted by Gasteiger charge is -2.13. The molecule has 3 aromatic carbocycles. The molecule has 0 spiro atoms. The highest BCUT2D eigenvalue weighted by molar-refractivity contribution is 6.30. The zero-order valence-corrected chi connectivity index (χ0v) is 16.8. The first kappa shape index (κ1) is 21.1. The van der Waals surface area contributed by atoms with Gasteiger partial charge in [0.05, 0.1) is 5.70 Å². The first-order chi connectivity index (χ1) is 14.5. The van der Waals surface area contributed by atoms with Crippen molar-refractivity contribution in [3.05, 3.63) is 94.8 Å². The van der Waals surface area contributed by atoms with Gasteiger partial charge in [-0.1, -0.05) is 41.9 Å². The number of nitrogens with two attached hydrogens (primary N) is 2. The second-order valence-corrected chi connectivity index (χ2v) is 6.86. The smallest absolute Gasteiger partial charge is 0.293 e. The number of allylic oxidation sites excluding steroid dienone is 1. The lowest BCUT2D eigenvalue weighted by Crippen LogP contribution is -2.23. The van der Waals surface area contributed by atoms with Crippen LogP contribution in [0.3, 0.4) is 0 Å². The Morgan fingerprint density at radius 3 is 2.37 bits per heavy atom. The van der Waals surface area contributed by atoms with Crippen LogP contribution in [0.1, 0.15) is 5.56 Å². The predicted molar refractivity (Wildman–Crippen MR) is 120 cm³/mol. The van der Waals surface area contributed by atoms with Gasteiger partial charge in [-0.15, -0.1) is 0 Å². The number of amides is 1. The molecular formula is C23H21ClN4O2. The zero-order chi connectivity index (χ0) is 21.5. The van der Waals surface area contributed by atoms with Gasteiger partial charge in [-0.2, -0.15) is 0 Å². The summed E-state index contributed by atoms with van der Waals surface area (Å²) < 4.78 is 5.71. The van der Waals surface area contributed by atoms with Crippen LogP contribution in [0.4, 0.5) is 5.69 Å². The van der Waals surface area contributed by atoms with Crippen LogP contribution in [0.2, 0.25) is 5.02 Å². The molecule has 0 bridgehead atoms. The van der Waals surface area contributed by atoms with Gasteiger partial charge in [0.15, 0.2) is 0 Å². The van der Waals surface area contributed by atoms with Gasteiger partial charge < -0.3 is 26.9 Å². The molecule has 0 aliphatic carbocycles. The second kappa shape index (κ2) is 9.73. The van der Waals surface area contributed by atoms with E-state index in [-0.39, 0.29) is 11.5 Å². The second-order valence-electron chi connectivity index (χ2n) is 6.42. The number of carbonyl (C=O) groups is 1. The standard InChI is InChI=1S/C23H21ClN4O2/c24-18-6-8-19(9-7-18)28-23(29)22(21(27)14-26)30-20-10-4-16(5-11-20)17-3-1-2-15(12-17)13-25/h1-12,14,26H,13,25,27H2,(H,28,29)/b22-21-,26-14?. The Bertz CT molecular complexity index is 1080. The molecule has 152 valence electrons. The maximum Gasteiger partial charge on any atom is 0.293 e. The maximum atomic E-state index is 12.6. The molecule has 0 aliphatic heterocycles. The molecule has 0 saturated heterocycles.